The standard InChI is InChI=1S/C17H23N3OS/c21-17(9-3-7-16-8-4-13-22-16)20-12-2-1-6-15(20)14-19-11-5-10-18-19/h4-5,8,10-11,13,15H,1-3,6-7,9,12,14H2. The lowest BCUT2D eigenvalue weighted by atomic mass is 10.0. The topological polar surface area (TPSA) is 38.1 Å². The molecule has 1 saturated heterocycles. The summed E-state index contributed by atoms with van der Waals surface area (Å²) in [6.07, 6.45) is 9.84. The lowest BCUT2D eigenvalue weighted by Gasteiger charge is -2.36. The van der Waals surface area contributed by atoms with Gasteiger partial charge in [0.05, 0.1) is 12.6 Å². The molecule has 3 rings (SSSR count). The number of carbonyl (C=O) groups is 1. The van der Waals surface area contributed by atoms with Crippen molar-refractivity contribution < 1.29 is 4.79 Å². The van der Waals surface area contributed by atoms with Gasteiger partial charge in [-0.15, -0.1) is 11.3 Å². The highest BCUT2D eigenvalue weighted by Gasteiger charge is 2.26. The number of aryl methyl sites for hydroxylation is 1. The Balaban J connectivity index is 1.52. The van der Waals surface area contributed by atoms with Gasteiger partial charge in [-0.2, -0.15) is 5.10 Å². The lowest BCUT2D eigenvalue weighted by Crippen LogP contribution is -2.45. The molecule has 5 heteroatoms. The molecule has 0 radical (unpaired) electrons. The van der Waals surface area contributed by atoms with E-state index in [1.165, 1.54) is 11.3 Å². The number of piperidine rings is 1. The third-order valence-corrected chi connectivity index (χ3v) is 5.23. The summed E-state index contributed by atoms with van der Waals surface area (Å²) in [6.45, 7) is 1.73. The minimum Gasteiger partial charge on any atom is -0.338 e. The van der Waals surface area contributed by atoms with Crippen LogP contribution in [-0.4, -0.2) is 33.2 Å². The highest BCUT2D eigenvalue weighted by atomic mass is 32.1. The van der Waals surface area contributed by atoms with Gasteiger partial charge in [-0.3, -0.25) is 9.48 Å². The maximum absolute atomic E-state index is 12.6. The van der Waals surface area contributed by atoms with E-state index in [-0.39, 0.29) is 0 Å². The largest absolute Gasteiger partial charge is 0.338 e. The average Bonchev–Trinajstić information content (AvgIpc) is 3.21. The highest BCUT2D eigenvalue weighted by Crippen LogP contribution is 2.20. The molecule has 1 aliphatic rings. The average molecular weight is 317 g/mol. The second-order valence-corrected chi connectivity index (χ2v) is 6.93. The maximum Gasteiger partial charge on any atom is 0.222 e. The van der Waals surface area contributed by atoms with Gasteiger partial charge in [-0.05, 0) is 49.6 Å². The Labute approximate surface area is 135 Å². The molecule has 22 heavy (non-hydrogen) atoms. The van der Waals surface area contributed by atoms with Crippen LogP contribution in [0.1, 0.15) is 37.0 Å². The van der Waals surface area contributed by atoms with E-state index in [4.69, 9.17) is 0 Å². The number of rotatable bonds is 6. The Kier molecular flexibility index (Phi) is 5.27. The zero-order chi connectivity index (χ0) is 15.2. The Hall–Kier alpha value is -1.62. The van der Waals surface area contributed by atoms with Crippen molar-refractivity contribution in [3.63, 3.8) is 0 Å². The Morgan fingerprint density at radius 2 is 2.32 bits per heavy atom. The van der Waals surface area contributed by atoms with Crippen LogP contribution in [-0.2, 0) is 17.8 Å². The number of thiophene rings is 1. The van der Waals surface area contributed by atoms with Crippen molar-refractivity contribution >= 4 is 17.2 Å². The summed E-state index contributed by atoms with van der Waals surface area (Å²) in [4.78, 5) is 16.0. The summed E-state index contributed by atoms with van der Waals surface area (Å²) >= 11 is 1.78. The molecule has 1 aliphatic heterocycles. The van der Waals surface area contributed by atoms with Crippen molar-refractivity contribution in [2.24, 2.45) is 0 Å². The summed E-state index contributed by atoms with van der Waals surface area (Å²) in [5.41, 5.74) is 0. The minimum absolute atomic E-state index is 0.308. The van der Waals surface area contributed by atoms with Crippen LogP contribution >= 0.6 is 11.3 Å². The van der Waals surface area contributed by atoms with Gasteiger partial charge in [0.1, 0.15) is 0 Å². The molecule has 0 spiro atoms. The number of hydrogen-bond donors (Lipinski definition) is 0. The molecule has 0 bridgehead atoms. The Morgan fingerprint density at radius 1 is 1.36 bits per heavy atom. The molecule has 0 N–H and O–H groups in total. The van der Waals surface area contributed by atoms with Crippen LogP contribution in [0.3, 0.4) is 0 Å². The van der Waals surface area contributed by atoms with Crippen molar-refractivity contribution in [2.75, 3.05) is 6.54 Å². The van der Waals surface area contributed by atoms with E-state index in [0.717, 1.165) is 38.8 Å². The van der Waals surface area contributed by atoms with Gasteiger partial charge < -0.3 is 4.90 Å². The summed E-state index contributed by atoms with van der Waals surface area (Å²) in [7, 11) is 0. The van der Waals surface area contributed by atoms with Crippen LogP contribution < -0.4 is 0 Å². The van der Waals surface area contributed by atoms with Crippen molar-refractivity contribution in [3.05, 3.63) is 40.8 Å². The normalized spacial score (nSPS) is 18.5. The predicted molar refractivity (Wildman–Crippen MR) is 88.8 cm³/mol. The fourth-order valence-electron chi connectivity index (χ4n) is 3.16. The molecular formula is C17H23N3OS. The van der Waals surface area contributed by atoms with Crippen LogP contribution in [0.15, 0.2) is 36.0 Å². The first-order chi connectivity index (χ1) is 10.8. The van der Waals surface area contributed by atoms with Crippen LogP contribution in [0.2, 0.25) is 0 Å². The van der Waals surface area contributed by atoms with Crippen molar-refractivity contribution in [2.45, 2.75) is 51.1 Å². The number of hydrogen-bond acceptors (Lipinski definition) is 3. The maximum atomic E-state index is 12.6. The smallest absolute Gasteiger partial charge is 0.222 e. The second-order valence-electron chi connectivity index (χ2n) is 5.90. The molecule has 1 fully saturated rings. The fraction of sp³-hybridized carbons (Fsp3) is 0.529. The molecule has 2 aromatic heterocycles. The first-order valence-electron chi connectivity index (χ1n) is 8.12. The van der Waals surface area contributed by atoms with Crippen LogP contribution in [0.25, 0.3) is 0 Å². The van der Waals surface area contributed by atoms with Gasteiger partial charge in [-0.25, -0.2) is 0 Å². The van der Waals surface area contributed by atoms with E-state index in [9.17, 15) is 4.79 Å². The Morgan fingerprint density at radius 3 is 3.09 bits per heavy atom. The number of aromatic nitrogens is 2. The first kappa shape index (κ1) is 15.3. The fourth-order valence-corrected chi connectivity index (χ4v) is 3.91. The van der Waals surface area contributed by atoms with E-state index in [1.807, 2.05) is 16.9 Å². The number of amides is 1. The van der Waals surface area contributed by atoms with Crippen LogP contribution in [0.4, 0.5) is 0 Å². The third-order valence-electron chi connectivity index (χ3n) is 4.30. The van der Waals surface area contributed by atoms with Crippen molar-refractivity contribution in [1.29, 1.82) is 0 Å². The second kappa shape index (κ2) is 7.58. The monoisotopic (exact) mass is 317 g/mol. The zero-order valence-electron chi connectivity index (χ0n) is 12.9. The van der Waals surface area contributed by atoms with Gasteiger partial charge in [0.2, 0.25) is 5.91 Å². The van der Waals surface area contributed by atoms with Crippen LogP contribution in [0.5, 0.6) is 0 Å². The summed E-state index contributed by atoms with van der Waals surface area (Å²) in [5, 5.41) is 6.38. The van der Waals surface area contributed by atoms with E-state index >= 15 is 0 Å². The predicted octanol–water partition coefficient (Wildman–Crippen LogP) is 3.35. The van der Waals surface area contributed by atoms with Gasteiger partial charge in [-0.1, -0.05) is 6.07 Å². The van der Waals surface area contributed by atoms with E-state index < -0.39 is 0 Å². The molecule has 0 aromatic carbocycles. The molecule has 0 aliphatic carbocycles. The molecule has 0 saturated carbocycles. The number of likely N-dealkylation sites (tertiary alicyclic amines) is 1. The molecule has 2 aromatic rings. The van der Waals surface area contributed by atoms with E-state index in [1.54, 1.807) is 17.5 Å². The van der Waals surface area contributed by atoms with Gasteiger partial charge in [0, 0.05) is 30.2 Å². The third kappa shape index (κ3) is 3.97. The van der Waals surface area contributed by atoms with Gasteiger partial charge in [0.25, 0.3) is 0 Å². The summed E-state index contributed by atoms with van der Waals surface area (Å²) in [5.74, 6) is 0.313. The number of nitrogens with zero attached hydrogens (tertiary/aromatic N) is 3. The van der Waals surface area contributed by atoms with Gasteiger partial charge in [0.15, 0.2) is 0 Å². The van der Waals surface area contributed by atoms with Crippen molar-refractivity contribution in [3.8, 4) is 0 Å². The van der Waals surface area contributed by atoms with E-state index in [0.29, 0.717) is 18.4 Å². The molecule has 1 atom stereocenters. The first-order valence-corrected chi connectivity index (χ1v) is 9.00. The molecule has 118 valence electrons. The number of carbonyl (C=O) groups excluding carboxylic acids is 1. The Bertz CT molecular complexity index is 565. The molecular weight excluding hydrogens is 294 g/mol. The zero-order valence-corrected chi connectivity index (χ0v) is 13.7. The molecule has 1 amide bonds. The van der Waals surface area contributed by atoms with Gasteiger partial charge >= 0.3 is 0 Å². The molecule has 1 unspecified atom stereocenters. The summed E-state index contributed by atoms with van der Waals surface area (Å²) in [6, 6.07) is 6.47. The minimum atomic E-state index is 0.308. The van der Waals surface area contributed by atoms with Crippen LogP contribution in [0, 0.1) is 0 Å². The van der Waals surface area contributed by atoms with E-state index in [2.05, 4.69) is 27.5 Å². The summed E-state index contributed by atoms with van der Waals surface area (Å²) < 4.78 is 1.95. The highest BCUT2D eigenvalue weighted by molar-refractivity contribution is 7.09. The molecule has 3 heterocycles. The lowest BCUT2D eigenvalue weighted by molar-refractivity contribution is -0.135. The SMILES string of the molecule is O=C(CCCc1cccs1)N1CCCCC1Cn1cccn1. The quantitative estimate of drug-likeness (QED) is 0.819. The molecule has 4 nitrogen and oxygen atoms in total. The van der Waals surface area contributed by atoms with Crippen molar-refractivity contribution in [1.82, 2.24) is 14.7 Å².